The topological polar surface area (TPSA) is 58.4 Å². The zero-order chi connectivity index (χ0) is 19.3. The third-order valence-corrected chi connectivity index (χ3v) is 8.22. The Hall–Kier alpha value is -0.970. The smallest absolute Gasteiger partial charge is 0.252 e. The minimum Gasteiger partial charge on any atom is -0.370 e. The molecule has 6 heteroatoms. The monoisotopic (exact) mass is 437 g/mol. The standard InChI is InChI=1S/C23H32ClN3O.ClH/c24-21-2-1-19(27-6-3-18(25)14-27)10-20(21)22(28)26-5-4-23-11-15-7-16(12-23)9-17(8-15)13-23;/h1-2,10,15-18H,3-9,11-14,25H2,(H,26,28);1H. The molecule has 1 atom stereocenters. The van der Waals surface area contributed by atoms with Gasteiger partial charge in [-0.3, -0.25) is 4.79 Å². The molecule has 5 fully saturated rings. The van der Waals surface area contributed by atoms with E-state index in [2.05, 4.69) is 10.2 Å². The van der Waals surface area contributed by atoms with E-state index in [1.807, 2.05) is 18.2 Å². The van der Waals surface area contributed by atoms with Gasteiger partial charge in [-0.05, 0) is 92.7 Å². The SMILES string of the molecule is Cl.NC1CCN(c2ccc(Cl)c(C(=O)NCCC34CC5CC(CC(C5)C3)C4)c2)C1. The number of nitrogens with zero attached hydrogens (tertiary/aromatic N) is 1. The Bertz CT molecular complexity index is 733. The Morgan fingerprint density at radius 2 is 1.83 bits per heavy atom. The largest absolute Gasteiger partial charge is 0.370 e. The highest BCUT2D eigenvalue weighted by Crippen LogP contribution is 2.61. The quantitative estimate of drug-likeness (QED) is 0.705. The van der Waals surface area contributed by atoms with Gasteiger partial charge in [0.1, 0.15) is 0 Å². The van der Waals surface area contributed by atoms with Gasteiger partial charge in [0, 0.05) is 31.4 Å². The van der Waals surface area contributed by atoms with Crippen LogP contribution in [-0.2, 0) is 0 Å². The molecule has 1 aromatic carbocycles. The maximum Gasteiger partial charge on any atom is 0.252 e. The molecule has 5 aliphatic rings. The lowest BCUT2D eigenvalue weighted by molar-refractivity contribution is -0.0564. The van der Waals surface area contributed by atoms with Crippen LogP contribution in [0.25, 0.3) is 0 Å². The van der Waals surface area contributed by atoms with Crippen LogP contribution in [0.1, 0.15) is 61.7 Å². The van der Waals surface area contributed by atoms with Crippen molar-refractivity contribution < 1.29 is 4.79 Å². The van der Waals surface area contributed by atoms with Gasteiger partial charge in [0.05, 0.1) is 10.6 Å². The summed E-state index contributed by atoms with van der Waals surface area (Å²) in [7, 11) is 0. The summed E-state index contributed by atoms with van der Waals surface area (Å²) < 4.78 is 0. The van der Waals surface area contributed by atoms with Crippen molar-refractivity contribution in [1.82, 2.24) is 5.32 Å². The van der Waals surface area contributed by atoms with Crippen LogP contribution in [0.3, 0.4) is 0 Å². The summed E-state index contributed by atoms with van der Waals surface area (Å²) >= 11 is 6.36. The summed E-state index contributed by atoms with van der Waals surface area (Å²) in [6.45, 7) is 2.55. The maximum absolute atomic E-state index is 12.8. The minimum atomic E-state index is -0.0416. The van der Waals surface area contributed by atoms with E-state index in [9.17, 15) is 4.79 Å². The summed E-state index contributed by atoms with van der Waals surface area (Å²) in [6, 6.07) is 5.98. The molecule has 4 aliphatic carbocycles. The van der Waals surface area contributed by atoms with E-state index in [-0.39, 0.29) is 24.4 Å². The lowest BCUT2D eigenvalue weighted by Gasteiger charge is -2.57. The minimum absolute atomic E-state index is 0. The molecule has 1 aliphatic heterocycles. The van der Waals surface area contributed by atoms with Gasteiger partial charge in [0.2, 0.25) is 0 Å². The number of carbonyl (C=O) groups excluding carboxylic acids is 1. The predicted molar refractivity (Wildman–Crippen MR) is 121 cm³/mol. The Morgan fingerprint density at radius 1 is 1.17 bits per heavy atom. The fourth-order valence-corrected chi connectivity index (χ4v) is 7.24. The second kappa shape index (κ2) is 8.28. The van der Waals surface area contributed by atoms with Crippen molar-refractivity contribution in [3.8, 4) is 0 Å². The van der Waals surface area contributed by atoms with Crippen molar-refractivity contribution in [2.75, 3.05) is 24.5 Å². The van der Waals surface area contributed by atoms with E-state index >= 15 is 0 Å². The zero-order valence-electron chi connectivity index (χ0n) is 17.0. The molecule has 160 valence electrons. The molecule has 1 saturated heterocycles. The van der Waals surface area contributed by atoms with Gasteiger partial charge in [-0.1, -0.05) is 11.6 Å². The molecule has 0 radical (unpaired) electrons. The predicted octanol–water partition coefficient (Wildman–Crippen LogP) is 4.64. The molecule has 1 aromatic rings. The Kier molecular flexibility index (Phi) is 6.07. The van der Waals surface area contributed by atoms with Gasteiger partial charge < -0.3 is 16.0 Å². The number of hydrogen-bond donors (Lipinski definition) is 2. The number of carbonyl (C=O) groups is 1. The summed E-state index contributed by atoms with van der Waals surface area (Å²) in [5.74, 6) is 2.83. The lowest BCUT2D eigenvalue weighted by atomic mass is 9.49. The Balaban J connectivity index is 0.00000205. The molecule has 1 heterocycles. The van der Waals surface area contributed by atoms with E-state index in [0.29, 0.717) is 16.0 Å². The molecule has 1 unspecified atom stereocenters. The Morgan fingerprint density at radius 3 is 2.41 bits per heavy atom. The van der Waals surface area contributed by atoms with Crippen LogP contribution in [0, 0.1) is 23.2 Å². The number of amides is 1. The summed E-state index contributed by atoms with van der Waals surface area (Å²) in [5.41, 5.74) is 8.17. The number of nitrogens with two attached hydrogens (primary N) is 1. The molecular weight excluding hydrogens is 405 g/mol. The molecule has 6 rings (SSSR count). The van der Waals surface area contributed by atoms with E-state index < -0.39 is 0 Å². The highest BCUT2D eigenvalue weighted by atomic mass is 35.5. The molecular formula is C23H33Cl2N3O. The lowest BCUT2D eigenvalue weighted by Crippen LogP contribution is -2.47. The van der Waals surface area contributed by atoms with Crippen molar-refractivity contribution in [2.45, 2.75) is 57.4 Å². The molecule has 4 bridgehead atoms. The van der Waals surface area contributed by atoms with Crippen molar-refractivity contribution in [3.63, 3.8) is 0 Å². The zero-order valence-corrected chi connectivity index (χ0v) is 18.6. The summed E-state index contributed by atoms with van der Waals surface area (Å²) in [6.07, 6.45) is 10.7. The molecule has 1 amide bonds. The van der Waals surface area contributed by atoms with Gasteiger partial charge >= 0.3 is 0 Å². The van der Waals surface area contributed by atoms with E-state index in [1.54, 1.807) is 0 Å². The van der Waals surface area contributed by atoms with Crippen LogP contribution < -0.4 is 16.0 Å². The van der Waals surface area contributed by atoms with Crippen LogP contribution in [0.2, 0.25) is 5.02 Å². The fourth-order valence-electron chi connectivity index (χ4n) is 7.04. The number of anilines is 1. The van der Waals surface area contributed by atoms with E-state index in [1.165, 1.54) is 38.5 Å². The highest BCUT2D eigenvalue weighted by molar-refractivity contribution is 6.34. The third kappa shape index (κ3) is 4.26. The molecule has 4 saturated carbocycles. The first kappa shape index (κ1) is 21.3. The molecule has 3 N–H and O–H groups in total. The highest BCUT2D eigenvalue weighted by Gasteiger charge is 2.50. The van der Waals surface area contributed by atoms with Crippen LogP contribution in [0.4, 0.5) is 5.69 Å². The fraction of sp³-hybridized carbons (Fsp3) is 0.696. The normalized spacial score (nSPS) is 34.9. The van der Waals surface area contributed by atoms with Gasteiger partial charge in [0.15, 0.2) is 0 Å². The first-order chi connectivity index (χ1) is 13.5. The van der Waals surface area contributed by atoms with Crippen LogP contribution in [0.15, 0.2) is 18.2 Å². The molecule has 0 aromatic heterocycles. The number of rotatable bonds is 5. The van der Waals surface area contributed by atoms with Crippen LogP contribution in [0.5, 0.6) is 0 Å². The van der Waals surface area contributed by atoms with Gasteiger partial charge in [0.25, 0.3) is 5.91 Å². The number of hydrogen-bond acceptors (Lipinski definition) is 3. The second-order valence-electron chi connectivity index (χ2n) is 10.1. The molecule has 0 spiro atoms. The van der Waals surface area contributed by atoms with Crippen molar-refractivity contribution in [3.05, 3.63) is 28.8 Å². The van der Waals surface area contributed by atoms with Gasteiger partial charge in [-0.2, -0.15) is 0 Å². The number of nitrogens with one attached hydrogen (secondary N) is 1. The van der Waals surface area contributed by atoms with Crippen molar-refractivity contribution in [1.29, 1.82) is 0 Å². The van der Waals surface area contributed by atoms with Gasteiger partial charge in [-0.15, -0.1) is 12.4 Å². The summed E-state index contributed by atoms with van der Waals surface area (Å²) in [5, 5.41) is 3.70. The second-order valence-corrected chi connectivity index (χ2v) is 10.5. The summed E-state index contributed by atoms with van der Waals surface area (Å²) in [4.78, 5) is 15.1. The maximum atomic E-state index is 12.8. The third-order valence-electron chi connectivity index (χ3n) is 7.89. The average molecular weight is 438 g/mol. The first-order valence-corrected chi connectivity index (χ1v) is 11.5. The number of benzene rings is 1. The molecule has 4 nitrogen and oxygen atoms in total. The first-order valence-electron chi connectivity index (χ1n) is 11.1. The van der Waals surface area contributed by atoms with Crippen molar-refractivity contribution >= 4 is 35.6 Å². The van der Waals surface area contributed by atoms with Crippen molar-refractivity contribution in [2.24, 2.45) is 28.9 Å². The number of halogens is 2. The van der Waals surface area contributed by atoms with E-state index in [4.69, 9.17) is 17.3 Å². The van der Waals surface area contributed by atoms with Crippen LogP contribution >= 0.6 is 24.0 Å². The average Bonchev–Trinajstić information content (AvgIpc) is 3.07. The van der Waals surface area contributed by atoms with Crippen LogP contribution in [-0.4, -0.2) is 31.6 Å². The van der Waals surface area contributed by atoms with E-state index in [0.717, 1.165) is 55.9 Å². The Labute approximate surface area is 185 Å². The molecule has 29 heavy (non-hydrogen) atoms. The van der Waals surface area contributed by atoms with Gasteiger partial charge in [-0.25, -0.2) is 0 Å².